The Kier molecular flexibility index (Phi) is 14.3. The van der Waals surface area contributed by atoms with E-state index in [9.17, 15) is 0 Å². The van der Waals surface area contributed by atoms with Crippen LogP contribution in [-0.2, 0) is 39.5 Å². The molecule has 7 heteroatoms. The van der Waals surface area contributed by atoms with Crippen molar-refractivity contribution in [3.63, 3.8) is 0 Å². The van der Waals surface area contributed by atoms with Gasteiger partial charge in [-0.05, 0) is 64.4 Å². The maximum atomic E-state index is 6.55. The predicted octanol–water partition coefficient (Wildman–Crippen LogP) is 14.7. The molecule has 0 aliphatic heterocycles. The molecule has 4 heterocycles. The van der Waals surface area contributed by atoms with Gasteiger partial charge in [-0.1, -0.05) is 116 Å². The van der Waals surface area contributed by atoms with Crippen LogP contribution in [-0.4, -0.2) is 32.8 Å². The largest absolute Gasteiger partial charge is 0.486 e. The minimum atomic E-state index is -1.86. The van der Waals surface area contributed by atoms with Gasteiger partial charge in [0.15, 0.2) is 0 Å². The maximum Gasteiger partial charge on any atom is 0.216 e. The van der Waals surface area contributed by atoms with E-state index < -0.39 is 13.3 Å². The molecule has 10 rings (SSSR count). The Balaban J connectivity index is 0.000000238. The molecule has 0 saturated carbocycles. The Morgan fingerprint density at radius 2 is 1.30 bits per heavy atom. The molecular formula is C59H56GeIrN4O-2. The van der Waals surface area contributed by atoms with E-state index in [4.69, 9.17) is 19.4 Å². The van der Waals surface area contributed by atoms with Crippen molar-refractivity contribution in [2.24, 2.45) is 11.8 Å². The molecule has 0 unspecified atom stereocenters. The summed E-state index contributed by atoms with van der Waals surface area (Å²) in [5.41, 5.74) is 14.9. The van der Waals surface area contributed by atoms with Gasteiger partial charge in [0.2, 0.25) is 5.71 Å². The van der Waals surface area contributed by atoms with E-state index in [1.807, 2.05) is 30.3 Å². The number of hydrogen-bond acceptors (Lipinski definition) is 4. The minimum Gasteiger partial charge on any atom is -0.486 e. The molecule has 0 spiro atoms. The van der Waals surface area contributed by atoms with E-state index in [-0.39, 0.29) is 20.1 Å². The van der Waals surface area contributed by atoms with E-state index in [1.165, 1.54) is 33.4 Å². The molecule has 0 N–H and O–H groups in total. The number of rotatable bonds is 11. The molecule has 10 aromatic rings. The molecule has 0 aliphatic rings. The molecule has 0 bridgehead atoms. The van der Waals surface area contributed by atoms with Crippen LogP contribution in [0.15, 0.2) is 168 Å². The minimum absolute atomic E-state index is 0. The quantitative estimate of drug-likeness (QED) is 0.0957. The fraction of sp³-hybridized carbons (Fsp3) is 0.203. The first-order valence-electron chi connectivity index (χ1n) is 22.9. The molecule has 66 heavy (non-hydrogen) atoms. The van der Waals surface area contributed by atoms with Crippen molar-refractivity contribution in [3.8, 4) is 44.9 Å². The van der Waals surface area contributed by atoms with Crippen LogP contribution < -0.4 is 4.40 Å². The van der Waals surface area contributed by atoms with Crippen molar-refractivity contribution in [2.45, 2.75) is 64.4 Å². The number of imidazole rings is 1. The molecule has 1 radical (unpaired) electrons. The summed E-state index contributed by atoms with van der Waals surface area (Å²) in [5.74, 6) is 9.33. The van der Waals surface area contributed by atoms with Crippen molar-refractivity contribution in [2.75, 3.05) is 0 Å². The number of aromatic nitrogens is 4. The third-order valence-corrected chi connectivity index (χ3v) is 16.3. The van der Waals surface area contributed by atoms with E-state index in [0.717, 1.165) is 68.6 Å². The van der Waals surface area contributed by atoms with Gasteiger partial charge < -0.3 is 8.98 Å². The summed E-state index contributed by atoms with van der Waals surface area (Å²) in [7, 11) is 0. The van der Waals surface area contributed by atoms with E-state index in [1.54, 1.807) is 4.40 Å². The van der Waals surface area contributed by atoms with Gasteiger partial charge in [-0.25, -0.2) is 4.98 Å². The number of furan rings is 1. The van der Waals surface area contributed by atoms with Gasteiger partial charge in [0.05, 0.1) is 22.4 Å². The summed E-state index contributed by atoms with van der Waals surface area (Å²) in [6, 6.07) is 61.7. The summed E-state index contributed by atoms with van der Waals surface area (Å²) < 4.78 is 10.4. The molecule has 4 aromatic heterocycles. The van der Waals surface area contributed by atoms with Gasteiger partial charge in [0.25, 0.3) is 0 Å². The third kappa shape index (κ3) is 10.1. The van der Waals surface area contributed by atoms with Crippen LogP contribution in [0.1, 0.15) is 44.5 Å². The second-order valence-electron chi connectivity index (χ2n) is 18.9. The number of fused-ring (bicyclic) bond motifs is 4. The Labute approximate surface area is 406 Å². The van der Waals surface area contributed by atoms with Gasteiger partial charge in [-0.15, -0.1) is 18.2 Å². The van der Waals surface area contributed by atoms with Crippen molar-refractivity contribution in [1.29, 1.82) is 0 Å². The van der Waals surface area contributed by atoms with Crippen LogP contribution in [0.2, 0.25) is 17.3 Å². The fourth-order valence-corrected chi connectivity index (χ4v) is 12.3. The van der Waals surface area contributed by atoms with Crippen molar-refractivity contribution >= 4 is 50.8 Å². The second-order valence-corrected chi connectivity index (χ2v) is 29.4. The Bertz CT molecular complexity index is 3170. The molecule has 5 nitrogen and oxygen atoms in total. The molecule has 333 valence electrons. The van der Waals surface area contributed by atoms with Crippen molar-refractivity contribution < 1.29 is 24.5 Å². The SMILES string of the molecule is CC(C)Cc1cc(-c2[c-]cccc2)nc[c]1[Ge]([CH3])([CH3])[CH3].CC(C)Cc1ccc2c(n1)oc1c(-c3nc4ccccc4n3Cc3c(-c4ccccc4)cccc3-c3ccccc3)[c-]ccc12.[Ir]. The summed E-state index contributed by atoms with van der Waals surface area (Å²) in [6.07, 6.45) is 4.18. The number of benzene rings is 6. The summed E-state index contributed by atoms with van der Waals surface area (Å²) in [5, 5.41) is 2.03. The summed E-state index contributed by atoms with van der Waals surface area (Å²) >= 11 is -1.86. The maximum absolute atomic E-state index is 6.55. The third-order valence-electron chi connectivity index (χ3n) is 11.9. The van der Waals surface area contributed by atoms with Crippen LogP contribution in [0.25, 0.3) is 78.0 Å². The first kappa shape index (κ1) is 46.6. The first-order chi connectivity index (χ1) is 31.5. The average molecular weight is 1100 g/mol. The molecule has 0 saturated heterocycles. The average Bonchev–Trinajstić information content (AvgIpc) is 3.87. The Morgan fingerprint density at radius 3 is 1.95 bits per heavy atom. The number of para-hydroxylation sites is 2. The monoisotopic (exact) mass is 1100 g/mol. The van der Waals surface area contributed by atoms with E-state index in [0.29, 0.717) is 24.1 Å². The van der Waals surface area contributed by atoms with Crippen molar-refractivity contribution in [3.05, 3.63) is 193 Å². The smallest absolute Gasteiger partial charge is 0.216 e. The summed E-state index contributed by atoms with van der Waals surface area (Å²) in [6.45, 7) is 9.61. The van der Waals surface area contributed by atoms with Crippen LogP contribution in [0.3, 0.4) is 0 Å². The van der Waals surface area contributed by atoms with Crippen LogP contribution in [0, 0.1) is 24.0 Å². The zero-order valence-electron chi connectivity index (χ0n) is 38.9. The molecular weight excluding hydrogens is 1050 g/mol. The normalized spacial score (nSPS) is 11.6. The number of nitrogens with zero attached hydrogens (tertiary/aromatic N) is 4. The van der Waals surface area contributed by atoms with Crippen molar-refractivity contribution in [1.82, 2.24) is 19.5 Å². The predicted molar refractivity (Wildman–Crippen MR) is 274 cm³/mol. The zero-order valence-corrected chi connectivity index (χ0v) is 43.4. The molecule has 0 aliphatic carbocycles. The van der Waals surface area contributed by atoms with E-state index >= 15 is 0 Å². The standard InChI is InChI=1S/C41H32N3O.C18H24GeN.Ir/c1-27(2)25-30-23-24-34-33-19-12-20-35(39(33)45-41(34)42-30)40-43-37-21-9-10-22-38(37)44(40)26-36-31(28-13-5-3-6-14-28)17-11-18-32(36)29-15-7-4-8-16-29;1-14(2)11-16-12-18(15-9-7-6-8-10-15)20-13-17(16)19(3,4)5;/h3-19,21-24,27H,25-26H2,1-2H3;6-9,12-14H,11H2,1-5H3;/q2*-1;. The van der Waals surface area contributed by atoms with Crippen LogP contribution in [0.4, 0.5) is 0 Å². The summed E-state index contributed by atoms with van der Waals surface area (Å²) in [4.78, 5) is 14.8. The topological polar surface area (TPSA) is 56.7 Å². The Morgan fingerprint density at radius 1 is 0.636 bits per heavy atom. The molecule has 6 aromatic carbocycles. The van der Waals surface area contributed by atoms with Gasteiger partial charge in [-0.3, -0.25) is 4.98 Å². The molecule has 0 amide bonds. The van der Waals surface area contributed by atoms with Gasteiger partial charge >= 0.3 is 126 Å². The number of hydrogen-bond donors (Lipinski definition) is 0. The second kappa shape index (κ2) is 20.3. The zero-order chi connectivity index (χ0) is 45.1. The fourth-order valence-electron chi connectivity index (χ4n) is 8.96. The van der Waals surface area contributed by atoms with Gasteiger partial charge in [0.1, 0.15) is 0 Å². The Hall–Kier alpha value is -5.92. The number of pyridine rings is 2. The van der Waals surface area contributed by atoms with Crippen LogP contribution in [0.5, 0.6) is 0 Å². The molecule has 0 atom stereocenters. The van der Waals surface area contributed by atoms with Gasteiger partial charge in [0, 0.05) is 37.7 Å². The van der Waals surface area contributed by atoms with Gasteiger partial charge in [-0.2, -0.15) is 0 Å². The van der Waals surface area contributed by atoms with E-state index in [2.05, 4.69) is 195 Å². The first-order valence-corrected chi connectivity index (χ1v) is 30.2. The molecule has 0 fully saturated rings. The van der Waals surface area contributed by atoms with Crippen LogP contribution >= 0.6 is 0 Å².